The molecular formula is C14H20BrNO2. The molecule has 100 valence electrons. The van der Waals surface area contributed by atoms with Gasteiger partial charge >= 0.3 is 0 Å². The molecule has 0 aromatic heterocycles. The Morgan fingerprint density at radius 2 is 2.22 bits per heavy atom. The van der Waals surface area contributed by atoms with Crippen LogP contribution in [0.3, 0.4) is 0 Å². The van der Waals surface area contributed by atoms with Crippen LogP contribution < -0.4 is 15.2 Å². The van der Waals surface area contributed by atoms with Crippen LogP contribution in [0.5, 0.6) is 11.5 Å². The van der Waals surface area contributed by atoms with Gasteiger partial charge < -0.3 is 15.2 Å². The van der Waals surface area contributed by atoms with Crippen LogP contribution in [0.4, 0.5) is 0 Å². The quantitative estimate of drug-likeness (QED) is 0.591. The van der Waals surface area contributed by atoms with Crippen molar-refractivity contribution in [2.75, 3.05) is 20.3 Å². The lowest BCUT2D eigenvalue weighted by Gasteiger charge is -2.14. The van der Waals surface area contributed by atoms with Gasteiger partial charge in [-0.25, -0.2) is 0 Å². The molecule has 0 aliphatic rings. The Labute approximate surface area is 117 Å². The molecule has 0 unspecified atom stereocenters. The number of benzene rings is 1. The average Bonchev–Trinajstić information content (AvgIpc) is 2.36. The van der Waals surface area contributed by atoms with Crippen LogP contribution in [0.15, 0.2) is 29.3 Å². The van der Waals surface area contributed by atoms with Crippen molar-refractivity contribution in [2.45, 2.75) is 19.3 Å². The Bertz CT molecular complexity index is 394. The van der Waals surface area contributed by atoms with Gasteiger partial charge in [-0.2, -0.15) is 0 Å². The summed E-state index contributed by atoms with van der Waals surface area (Å²) in [6, 6.07) is 4.00. The summed E-state index contributed by atoms with van der Waals surface area (Å²) in [7, 11) is 1.64. The summed E-state index contributed by atoms with van der Waals surface area (Å²) in [5.41, 5.74) is 6.70. The summed E-state index contributed by atoms with van der Waals surface area (Å²) in [5, 5.41) is 0. The summed E-state index contributed by atoms with van der Waals surface area (Å²) in [5.74, 6) is 1.49. The van der Waals surface area contributed by atoms with Gasteiger partial charge in [0.15, 0.2) is 11.5 Å². The molecule has 0 saturated carbocycles. The largest absolute Gasteiger partial charge is 0.493 e. The second kappa shape index (κ2) is 8.16. The molecule has 0 heterocycles. The maximum atomic E-state index is 5.74. The van der Waals surface area contributed by atoms with Crippen molar-refractivity contribution >= 4 is 15.9 Å². The first-order valence-corrected chi connectivity index (χ1v) is 6.82. The molecule has 1 aromatic rings. The van der Waals surface area contributed by atoms with Gasteiger partial charge in [-0.1, -0.05) is 6.08 Å². The maximum absolute atomic E-state index is 5.74. The Kier molecular flexibility index (Phi) is 6.83. The van der Waals surface area contributed by atoms with Crippen molar-refractivity contribution in [1.29, 1.82) is 0 Å². The standard InChI is InChI=1S/C14H20BrNO2/c1-3-4-5-8-18-14-12(15)9-11(6-7-16)10-13(14)17-2/h3,9-10H,1,4-8,16H2,2H3. The second-order valence-corrected chi connectivity index (χ2v) is 4.78. The predicted molar refractivity (Wildman–Crippen MR) is 78.4 cm³/mol. The molecule has 0 aliphatic carbocycles. The van der Waals surface area contributed by atoms with Crippen molar-refractivity contribution < 1.29 is 9.47 Å². The monoisotopic (exact) mass is 313 g/mol. The van der Waals surface area contributed by atoms with Gasteiger partial charge in [0.25, 0.3) is 0 Å². The topological polar surface area (TPSA) is 44.5 Å². The first-order chi connectivity index (χ1) is 8.72. The molecule has 0 spiro atoms. The third kappa shape index (κ3) is 4.35. The van der Waals surface area contributed by atoms with Crippen LogP contribution in [0, 0.1) is 0 Å². The first-order valence-electron chi connectivity index (χ1n) is 6.03. The Morgan fingerprint density at radius 1 is 1.44 bits per heavy atom. The van der Waals surface area contributed by atoms with E-state index in [9.17, 15) is 0 Å². The molecule has 0 aliphatic heterocycles. The Morgan fingerprint density at radius 3 is 2.83 bits per heavy atom. The molecule has 18 heavy (non-hydrogen) atoms. The van der Waals surface area contributed by atoms with E-state index >= 15 is 0 Å². The number of rotatable bonds is 8. The summed E-state index contributed by atoms with van der Waals surface area (Å²) in [4.78, 5) is 0. The molecule has 0 atom stereocenters. The van der Waals surface area contributed by atoms with Crippen molar-refractivity contribution in [3.05, 3.63) is 34.8 Å². The highest BCUT2D eigenvalue weighted by molar-refractivity contribution is 9.10. The van der Waals surface area contributed by atoms with E-state index in [4.69, 9.17) is 15.2 Å². The molecule has 3 nitrogen and oxygen atoms in total. The first kappa shape index (κ1) is 15.1. The molecule has 0 fully saturated rings. The highest BCUT2D eigenvalue weighted by Crippen LogP contribution is 2.36. The van der Waals surface area contributed by atoms with Crippen LogP contribution in [0.1, 0.15) is 18.4 Å². The fourth-order valence-electron chi connectivity index (χ4n) is 1.63. The molecule has 1 aromatic carbocycles. The molecule has 4 heteroatoms. The number of nitrogens with two attached hydrogens (primary N) is 1. The van der Waals surface area contributed by atoms with Crippen LogP contribution in [-0.2, 0) is 6.42 Å². The lowest BCUT2D eigenvalue weighted by atomic mass is 10.1. The van der Waals surface area contributed by atoms with Crippen molar-refractivity contribution in [2.24, 2.45) is 5.73 Å². The van der Waals surface area contributed by atoms with Crippen LogP contribution in [0.25, 0.3) is 0 Å². The van der Waals surface area contributed by atoms with Gasteiger partial charge in [0.05, 0.1) is 18.2 Å². The fourth-order valence-corrected chi connectivity index (χ4v) is 2.23. The van der Waals surface area contributed by atoms with E-state index in [-0.39, 0.29) is 0 Å². The average molecular weight is 314 g/mol. The van der Waals surface area contributed by atoms with E-state index in [1.165, 1.54) is 0 Å². The third-order valence-corrected chi connectivity index (χ3v) is 3.11. The van der Waals surface area contributed by atoms with Crippen molar-refractivity contribution in [3.63, 3.8) is 0 Å². The second-order valence-electron chi connectivity index (χ2n) is 3.93. The zero-order valence-electron chi connectivity index (χ0n) is 10.7. The minimum Gasteiger partial charge on any atom is -0.493 e. The summed E-state index contributed by atoms with van der Waals surface area (Å²) >= 11 is 3.51. The van der Waals surface area contributed by atoms with Gasteiger partial charge in [0.1, 0.15) is 0 Å². The third-order valence-electron chi connectivity index (χ3n) is 2.52. The summed E-state index contributed by atoms with van der Waals surface area (Å²) < 4.78 is 12.0. The fraction of sp³-hybridized carbons (Fsp3) is 0.429. The van der Waals surface area contributed by atoms with E-state index in [1.807, 2.05) is 18.2 Å². The van der Waals surface area contributed by atoms with E-state index < -0.39 is 0 Å². The van der Waals surface area contributed by atoms with Gasteiger partial charge in [-0.15, -0.1) is 6.58 Å². The molecule has 0 amide bonds. The number of ether oxygens (including phenoxy) is 2. The zero-order chi connectivity index (χ0) is 13.4. The van der Waals surface area contributed by atoms with Gasteiger partial charge in [0, 0.05) is 0 Å². The number of allylic oxidation sites excluding steroid dienone is 1. The van der Waals surface area contributed by atoms with E-state index in [0.717, 1.165) is 40.8 Å². The van der Waals surface area contributed by atoms with E-state index in [2.05, 4.69) is 22.5 Å². The molecule has 0 saturated heterocycles. The SMILES string of the molecule is C=CCCCOc1c(Br)cc(CCN)cc1OC. The smallest absolute Gasteiger partial charge is 0.175 e. The van der Waals surface area contributed by atoms with Gasteiger partial charge in [-0.05, 0) is 59.4 Å². The van der Waals surface area contributed by atoms with Crippen LogP contribution >= 0.6 is 15.9 Å². The molecule has 0 radical (unpaired) electrons. The number of hydrogen-bond acceptors (Lipinski definition) is 3. The number of hydrogen-bond donors (Lipinski definition) is 1. The predicted octanol–water partition coefficient (Wildman–Crippen LogP) is 3.30. The van der Waals surface area contributed by atoms with Crippen LogP contribution in [-0.4, -0.2) is 20.3 Å². The number of unbranched alkanes of at least 4 members (excludes halogenated alkanes) is 1. The normalized spacial score (nSPS) is 10.2. The molecule has 2 N–H and O–H groups in total. The number of methoxy groups -OCH3 is 1. The van der Waals surface area contributed by atoms with Crippen molar-refractivity contribution in [3.8, 4) is 11.5 Å². The minimum atomic E-state index is 0.620. The number of halogens is 1. The van der Waals surface area contributed by atoms with Gasteiger partial charge in [0.2, 0.25) is 0 Å². The molecular weight excluding hydrogens is 294 g/mol. The van der Waals surface area contributed by atoms with Gasteiger partial charge in [-0.3, -0.25) is 0 Å². The maximum Gasteiger partial charge on any atom is 0.175 e. The zero-order valence-corrected chi connectivity index (χ0v) is 12.3. The lowest BCUT2D eigenvalue weighted by molar-refractivity contribution is 0.288. The van der Waals surface area contributed by atoms with Crippen molar-refractivity contribution in [1.82, 2.24) is 0 Å². The Hall–Kier alpha value is -1.00. The summed E-state index contributed by atoms with van der Waals surface area (Å²) in [6.45, 7) is 4.96. The van der Waals surface area contributed by atoms with Crippen LogP contribution in [0.2, 0.25) is 0 Å². The molecule has 0 bridgehead atoms. The van der Waals surface area contributed by atoms with E-state index in [0.29, 0.717) is 13.2 Å². The molecule has 1 rings (SSSR count). The highest BCUT2D eigenvalue weighted by Gasteiger charge is 2.11. The Balaban J connectivity index is 2.79. The van der Waals surface area contributed by atoms with E-state index in [1.54, 1.807) is 7.11 Å². The highest BCUT2D eigenvalue weighted by atomic mass is 79.9. The lowest BCUT2D eigenvalue weighted by Crippen LogP contribution is -2.04. The summed E-state index contributed by atoms with van der Waals surface area (Å²) in [6.07, 6.45) is 4.61. The minimum absolute atomic E-state index is 0.620.